The first-order valence-corrected chi connectivity index (χ1v) is 12.7. The number of nitrogens with zero attached hydrogens (tertiary/aromatic N) is 4. The molecule has 1 aromatic heterocycles. The van der Waals surface area contributed by atoms with Crippen LogP contribution in [0.5, 0.6) is 0 Å². The van der Waals surface area contributed by atoms with Crippen molar-refractivity contribution in [3.05, 3.63) is 47.8 Å². The fourth-order valence-corrected chi connectivity index (χ4v) is 5.64. The molecule has 7 heteroatoms. The lowest BCUT2D eigenvalue weighted by Crippen LogP contribution is -2.42. The quantitative estimate of drug-likeness (QED) is 0.636. The molecule has 0 bridgehead atoms. The second-order valence-corrected chi connectivity index (χ2v) is 9.89. The number of aromatic nitrogens is 2. The van der Waals surface area contributed by atoms with Gasteiger partial charge < -0.3 is 15.5 Å². The van der Waals surface area contributed by atoms with Crippen LogP contribution in [0.4, 0.5) is 0 Å². The van der Waals surface area contributed by atoms with E-state index >= 15 is 0 Å². The molecule has 3 heterocycles. The fraction of sp³-hybridized carbons (Fsp3) is 0.583. The van der Waals surface area contributed by atoms with E-state index in [0.717, 1.165) is 68.5 Å². The number of likely N-dealkylation sites (tertiary alicyclic amines) is 1. The molecule has 0 aliphatic carbocycles. The maximum absolute atomic E-state index is 12.3. The third kappa shape index (κ3) is 5.70. The Balaban J connectivity index is 1.21. The SMILES string of the molecule is Cc1cc(C2CCN(CCCC[C@H](N)C(=O)N3CCSC3)CC2)n(-c2ccccc2)n1. The molecular formula is C24H35N5OS. The summed E-state index contributed by atoms with van der Waals surface area (Å²) >= 11 is 1.81. The third-order valence-electron chi connectivity index (χ3n) is 6.49. The van der Waals surface area contributed by atoms with Crippen molar-refractivity contribution in [2.45, 2.75) is 51.0 Å². The minimum absolute atomic E-state index is 0.135. The molecule has 0 unspecified atom stereocenters. The van der Waals surface area contributed by atoms with E-state index in [1.807, 2.05) is 22.7 Å². The van der Waals surface area contributed by atoms with Gasteiger partial charge in [-0.2, -0.15) is 5.10 Å². The van der Waals surface area contributed by atoms with Crippen LogP contribution in [0, 0.1) is 6.92 Å². The normalized spacial score (nSPS) is 19.1. The maximum atomic E-state index is 12.3. The fourth-order valence-electron chi connectivity index (χ4n) is 4.68. The van der Waals surface area contributed by atoms with E-state index in [9.17, 15) is 4.79 Å². The molecule has 2 saturated heterocycles. The highest BCUT2D eigenvalue weighted by atomic mass is 32.2. The smallest absolute Gasteiger partial charge is 0.240 e. The minimum Gasteiger partial charge on any atom is -0.331 e. The van der Waals surface area contributed by atoms with Gasteiger partial charge in [0.25, 0.3) is 0 Å². The molecule has 1 atom stereocenters. The molecule has 2 fully saturated rings. The lowest BCUT2D eigenvalue weighted by Gasteiger charge is -2.32. The molecule has 2 aromatic rings. The standard InChI is InChI=1S/C24H35N5OS/c1-19-17-23(29(26-19)21-7-3-2-4-8-21)20-10-13-27(14-11-20)12-6-5-9-22(25)24(30)28-15-16-31-18-28/h2-4,7-8,17,20,22H,5-6,9-16,18,25H2,1H3/t22-/m0/s1. The lowest BCUT2D eigenvalue weighted by molar-refractivity contribution is -0.131. The van der Waals surface area contributed by atoms with E-state index in [2.05, 4.69) is 46.8 Å². The van der Waals surface area contributed by atoms with Crippen LogP contribution < -0.4 is 5.73 Å². The number of amides is 1. The molecule has 4 rings (SSSR count). The van der Waals surface area contributed by atoms with Gasteiger partial charge in [0.1, 0.15) is 0 Å². The summed E-state index contributed by atoms with van der Waals surface area (Å²) in [6.07, 6.45) is 5.27. The van der Waals surface area contributed by atoms with Crippen molar-refractivity contribution in [1.82, 2.24) is 19.6 Å². The van der Waals surface area contributed by atoms with Gasteiger partial charge in [-0.1, -0.05) is 24.6 Å². The molecule has 1 aromatic carbocycles. The van der Waals surface area contributed by atoms with Gasteiger partial charge in [0.15, 0.2) is 0 Å². The summed E-state index contributed by atoms with van der Waals surface area (Å²) in [4.78, 5) is 16.8. The number of thioether (sulfide) groups is 1. The first-order valence-electron chi connectivity index (χ1n) is 11.6. The van der Waals surface area contributed by atoms with Crippen LogP contribution in [0.1, 0.15) is 49.4 Å². The number of nitrogens with two attached hydrogens (primary N) is 1. The maximum Gasteiger partial charge on any atom is 0.240 e. The van der Waals surface area contributed by atoms with E-state index < -0.39 is 0 Å². The Morgan fingerprint density at radius 2 is 1.97 bits per heavy atom. The van der Waals surface area contributed by atoms with E-state index in [-0.39, 0.29) is 11.9 Å². The van der Waals surface area contributed by atoms with Crippen molar-refractivity contribution in [2.24, 2.45) is 5.73 Å². The lowest BCUT2D eigenvalue weighted by atomic mass is 9.93. The first-order chi connectivity index (χ1) is 15.1. The number of carbonyl (C=O) groups is 1. The van der Waals surface area contributed by atoms with Crippen LogP contribution in [-0.2, 0) is 4.79 Å². The molecule has 2 N–H and O–H groups in total. The second kappa shape index (κ2) is 10.7. The predicted octanol–water partition coefficient (Wildman–Crippen LogP) is 3.39. The summed E-state index contributed by atoms with van der Waals surface area (Å²) in [5.41, 5.74) is 9.71. The average molecular weight is 442 g/mol. The highest BCUT2D eigenvalue weighted by Crippen LogP contribution is 2.30. The molecular weight excluding hydrogens is 406 g/mol. The van der Waals surface area contributed by atoms with Crippen LogP contribution in [0.25, 0.3) is 5.69 Å². The molecule has 1 amide bonds. The van der Waals surface area contributed by atoms with Crippen molar-refractivity contribution in [1.29, 1.82) is 0 Å². The molecule has 2 aliphatic rings. The molecule has 0 radical (unpaired) electrons. The van der Waals surface area contributed by atoms with Crippen LogP contribution in [0.15, 0.2) is 36.4 Å². The number of para-hydroxylation sites is 1. The Labute approximate surface area is 190 Å². The van der Waals surface area contributed by atoms with Crippen molar-refractivity contribution in [2.75, 3.05) is 37.8 Å². The van der Waals surface area contributed by atoms with E-state index in [0.29, 0.717) is 5.92 Å². The first kappa shape index (κ1) is 22.4. The van der Waals surface area contributed by atoms with E-state index in [4.69, 9.17) is 10.8 Å². The summed E-state index contributed by atoms with van der Waals surface area (Å²) < 4.78 is 2.13. The van der Waals surface area contributed by atoms with Gasteiger partial charge in [-0.15, -0.1) is 11.8 Å². The number of hydrogen-bond acceptors (Lipinski definition) is 5. The Morgan fingerprint density at radius 1 is 1.19 bits per heavy atom. The molecule has 6 nitrogen and oxygen atoms in total. The molecule has 0 saturated carbocycles. The van der Waals surface area contributed by atoms with Crippen molar-refractivity contribution >= 4 is 17.7 Å². The van der Waals surface area contributed by atoms with Gasteiger partial charge in [-0.25, -0.2) is 4.68 Å². The van der Waals surface area contributed by atoms with Crippen molar-refractivity contribution in [3.63, 3.8) is 0 Å². The van der Waals surface area contributed by atoms with Gasteiger partial charge in [0.2, 0.25) is 5.91 Å². The number of piperidine rings is 1. The number of aryl methyl sites for hydroxylation is 1. The van der Waals surface area contributed by atoms with E-state index in [1.165, 1.54) is 18.5 Å². The number of unbranched alkanes of at least 4 members (excludes halogenated alkanes) is 1. The van der Waals surface area contributed by atoms with Crippen molar-refractivity contribution in [3.8, 4) is 5.69 Å². The third-order valence-corrected chi connectivity index (χ3v) is 7.45. The van der Waals surface area contributed by atoms with Crippen LogP contribution in [-0.4, -0.2) is 69.3 Å². The zero-order valence-electron chi connectivity index (χ0n) is 18.6. The van der Waals surface area contributed by atoms with E-state index in [1.54, 1.807) is 0 Å². The predicted molar refractivity (Wildman–Crippen MR) is 128 cm³/mol. The molecule has 0 spiro atoms. The van der Waals surface area contributed by atoms with Gasteiger partial charge in [-0.3, -0.25) is 4.79 Å². The summed E-state index contributed by atoms with van der Waals surface area (Å²) in [5, 5.41) is 4.75. The van der Waals surface area contributed by atoms with Gasteiger partial charge in [-0.05, 0) is 70.4 Å². The van der Waals surface area contributed by atoms with Crippen molar-refractivity contribution < 1.29 is 4.79 Å². The summed E-state index contributed by atoms with van der Waals surface area (Å²) in [5.74, 6) is 2.54. The zero-order chi connectivity index (χ0) is 21.6. The Hall–Kier alpha value is -1.83. The number of rotatable bonds is 8. The zero-order valence-corrected chi connectivity index (χ0v) is 19.4. The Morgan fingerprint density at radius 3 is 2.68 bits per heavy atom. The molecule has 168 valence electrons. The minimum atomic E-state index is -0.328. The van der Waals surface area contributed by atoms with Crippen LogP contribution in [0.2, 0.25) is 0 Å². The van der Waals surface area contributed by atoms with Gasteiger partial charge in [0.05, 0.1) is 23.3 Å². The number of benzene rings is 1. The largest absolute Gasteiger partial charge is 0.331 e. The number of hydrogen-bond donors (Lipinski definition) is 1. The highest BCUT2D eigenvalue weighted by molar-refractivity contribution is 7.99. The number of carbonyl (C=O) groups excluding carboxylic acids is 1. The highest BCUT2D eigenvalue weighted by Gasteiger charge is 2.25. The molecule has 2 aliphatic heterocycles. The average Bonchev–Trinajstić information content (AvgIpc) is 3.47. The topological polar surface area (TPSA) is 67.4 Å². The Bertz CT molecular complexity index is 841. The van der Waals surface area contributed by atoms with Crippen LogP contribution in [0.3, 0.4) is 0 Å². The Kier molecular flexibility index (Phi) is 7.69. The molecule has 31 heavy (non-hydrogen) atoms. The van der Waals surface area contributed by atoms with Gasteiger partial charge >= 0.3 is 0 Å². The van der Waals surface area contributed by atoms with Crippen LogP contribution >= 0.6 is 11.8 Å². The summed E-state index contributed by atoms with van der Waals surface area (Å²) in [6, 6.07) is 12.4. The monoisotopic (exact) mass is 441 g/mol. The summed E-state index contributed by atoms with van der Waals surface area (Å²) in [6.45, 7) is 6.29. The summed E-state index contributed by atoms with van der Waals surface area (Å²) in [7, 11) is 0. The van der Waals surface area contributed by atoms with Gasteiger partial charge in [0, 0.05) is 23.9 Å². The second-order valence-electron chi connectivity index (χ2n) is 8.82.